The number of rotatable bonds is 6. The van der Waals surface area contributed by atoms with Gasteiger partial charge < -0.3 is 15.5 Å². The summed E-state index contributed by atoms with van der Waals surface area (Å²) in [7, 11) is 0. The molecule has 1 aliphatic heterocycles. The topological polar surface area (TPSA) is 78.5 Å². The standard InChI is InChI=1S/C20H21N3O3/c1-14(24)15-6-4-7-16(12-15)22-19(25)13-21-17-8-2-3-9-18(17)23-11-5-10-20(23)26/h2-4,6-9,12,21H,5,10-11,13H2,1H3,(H,22,25). The molecule has 1 saturated heterocycles. The Balaban J connectivity index is 1.64. The van der Waals surface area contributed by atoms with Crippen LogP contribution in [0.2, 0.25) is 0 Å². The van der Waals surface area contributed by atoms with Crippen LogP contribution in [0.1, 0.15) is 30.1 Å². The van der Waals surface area contributed by atoms with Crippen LogP contribution in [0.3, 0.4) is 0 Å². The van der Waals surface area contributed by atoms with Gasteiger partial charge in [-0.3, -0.25) is 14.4 Å². The molecule has 0 spiro atoms. The van der Waals surface area contributed by atoms with Gasteiger partial charge in [-0.2, -0.15) is 0 Å². The average molecular weight is 351 g/mol. The first-order valence-corrected chi connectivity index (χ1v) is 8.59. The van der Waals surface area contributed by atoms with Crippen LogP contribution in [0.25, 0.3) is 0 Å². The van der Waals surface area contributed by atoms with Crippen LogP contribution in [-0.2, 0) is 9.59 Å². The number of para-hydroxylation sites is 2. The Labute approximate surface area is 152 Å². The number of amides is 2. The molecule has 2 N–H and O–H groups in total. The lowest BCUT2D eigenvalue weighted by Crippen LogP contribution is -2.26. The molecule has 0 bridgehead atoms. The molecule has 1 fully saturated rings. The van der Waals surface area contributed by atoms with Crippen LogP contribution in [0.4, 0.5) is 17.1 Å². The van der Waals surface area contributed by atoms with Crippen LogP contribution in [0.15, 0.2) is 48.5 Å². The van der Waals surface area contributed by atoms with Gasteiger partial charge in [0.1, 0.15) is 0 Å². The minimum absolute atomic E-state index is 0.0524. The second-order valence-corrected chi connectivity index (χ2v) is 6.20. The van der Waals surface area contributed by atoms with Crippen LogP contribution < -0.4 is 15.5 Å². The number of hydrogen-bond acceptors (Lipinski definition) is 4. The van der Waals surface area contributed by atoms with Crippen LogP contribution in [0, 0.1) is 0 Å². The second kappa shape index (κ2) is 7.82. The molecule has 2 aromatic rings. The van der Waals surface area contributed by atoms with Crippen LogP contribution >= 0.6 is 0 Å². The maximum absolute atomic E-state index is 12.2. The van der Waals surface area contributed by atoms with E-state index in [1.54, 1.807) is 29.2 Å². The van der Waals surface area contributed by atoms with Crippen molar-refractivity contribution in [2.45, 2.75) is 19.8 Å². The van der Waals surface area contributed by atoms with E-state index in [-0.39, 0.29) is 24.1 Å². The van der Waals surface area contributed by atoms with Crippen molar-refractivity contribution in [3.8, 4) is 0 Å². The first-order chi connectivity index (χ1) is 12.5. The van der Waals surface area contributed by atoms with Gasteiger partial charge in [0.25, 0.3) is 0 Å². The number of nitrogens with one attached hydrogen (secondary N) is 2. The highest BCUT2D eigenvalue weighted by molar-refractivity contribution is 6.00. The molecule has 0 aliphatic carbocycles. The number of carbonyl (C=O) groups excluding carboxylic acids is 3. The zero-order valence-corrected chi connectivity index (χ0v) is 14.6. The fraction of sp³-hybridized carbons (Fsp3) is 0.250. The Kier molecular flexibility index (Phi) is 5.31. The van der Waals surface area contributed by atoms with E-state index < -0.39 is 0 Å². The van der Waals surface area contributed by atoms with E-state index in [1.807, 2.05) is 24.3 Å². The van der Waals surface area contributed by atoms with Crippen molar-refractivity contribution < 1.29 is 14.4 Å². The molecule has 0 saturated carbocycles. The van der Waals surface area contributed by atoms with Gasteiger partial charge in [-0.05, 0) is 37.6 Å². The monoisotopic (exact) mass is 351 g/mol. The number of nitrogens with zero attached hydrogens (tertiary/aromatic N) is 1. The van der Waals surface area contributed by atoms with Crippen LogP contribution in [0.5, 0.6) is 0 Å². The van der Waals surface area contributed by atoms with Crippen LogP contribution in [-0.4, -0.2) is 30.7 Å². The summed E-state index contributed by atoms with van der Waals surface area (Å²) in [5.74, 6) is -0.179. The van der Waals surface area contributed by atoms with Crippen molar-refractivity contribution in [3.05, 3.63) is 54.1 Å². The van der Waals surface area contributed by atoms with Gasteiger partial charge in [0.2, 0.25) is 11.8 Å². The second-order valence-electron chi connectivity index (χ2n) is 6.20. The molecular formula is C20H21N3O3. The summed E-state index contributed by atoms with van der Waals surface area (Å²) < 4.78 is 0. The first kappa shape index (κ1) is 17.7. The number of benzene rings is 2. The maximum Gasteiger partial charge on any atom is 0.243 e. The molecule has 0 aromatic heterocycles. The van der Waals surface area contributed by atoms with E-state index in [4.69, 9.17) is 0 Å². The summed E-state index contributed by atoms with van der Waals surface area (Å²) in [6.07, 6.45) is 1.40. The third-order valence-corrected chi connectivity index (χ3v) is 4.26. The molecule has 2 aromatic carbocycles. The van der Waals surface area contributed by atoms with Gasteiger partial charge in [0.15, 0.2) is 5.78 Å². The Morgan fingerprint density at radius 1 is 1.12 bits per heavy atom. The molecule has 0 atom stereocenters. The summed E-state index contributed by atoms with van der Waals surface area (Å²) in [6, 6.07) is 14.3. The Morgan fingerprint density at radius 2 is 1.92 bits per heavy atom. The van der Waals surface area contributed by atoms with Crippen molar-refractivity contribution in [2.24, 2.45) is 0 Å². The predicted molar refractivity (Wildman–Crippen MR) is 102 cm³/mol. The van der Waals surface area contributed by atoms with Crippen molar-refractivity contribution in [1.29, 1.82) is 0 Å². The highest BCUT2D eigenvalue weighted by Gasteiger charge is 2.23. The summed E-state index contributed by atoms with van der Waals surface area (Å²) in [5, 5.41) is 5.87. The number of Topliss-reactive ketones (excluding diaryl/α,β-unsaturated/α-hetero) is 1. The quantitative estimate of drug-likeness (QED) is 0.784. The van der Waals surface area contributed by atoms with E-state index in [2.05, 4.69) is 10.6 Å². The molecule has 1 aliphatic rings. The van der Waals surface area contributed by atoms with E-state index in [1.165, 1.54) is 6.92 Å². The highest BCUT2D eigenvalue weighted by Crippen LogP contribution is 2.29. The third-order valence-electron chi connectivity index (χ3n) is 4.26. The fourth-order valence-electron chi connectivity index (χ4n) is 2.96. The lowest BCUT2D eigenvalue weighted by atomic mass is 10.1. The van der Waals surface area contributed by atoms with E-state index in [0.29, 0.717) is 24.2 Å². The van der Waals surface area contributed by atoms with Gasteiger partial charge in [-0.15, -0.1) is 0 Å². The summed E-state index contributed by atoms with van der Waals surface area (Å²) >= 11 is 0. The van der Waals surface area contributed by atoms with Gasteiger partial charge in [-0.1, -0.05) is 24.3 Å². The molecule has 1 heterocycles. The zero-order chi connectivity index (χ0) is 18.5. The highest BCUT2D eigenvalue weighted by atomic mass is 16.2. The molecule has 0 unspecified atom stereocenters. The maximum atomic E-state index is 12.2. The smallest absolute Gasteiger partial charge is 0.243 e. The normalized spacial score (nSPS) is 13.6. The lowest BCUT2D eigenvalue weighted by molar-refractivity contribution is -0.117. The Bertz CT molecular complexity index is 848. The molecule has 3 rings (SSSR count). The van der Waals surface area contributed by atoms with E-state index >= 15 is 0 Å². The molecule has 134 valence electrons. The van der Waals surface area contributed by atoms with Crippen molar-refractivity contribution >= 4 is 34.7 Å². The van der Waals surface area contributed by atoms with Crippen molar-refractivity contribution in [2.75, 3.05) is 28.6 Å². The Hall–Kier alpha value is -3.15. The molecule has 0 radical (unpaired) electrons. The summed E-state index contributed by atoms with van der Waals surface area (Å²) in [4.78, 5) is 37.4. The van der Waals surface area contributed by atoms with Crippen molar-refractivity contribution in [1.82, 2.24) is 0 Å². The van der Waals surface area contributed by atoms with E-state index in [9.17, 15) is 14.4 Å². The van der Waals surface area contributed by atoms with Gasteiger partial charge in [0, 0.05) is 24.2 Å². The number of hydrogen-bond donors (Lipinski definition) is 2. The summed E-state index contributed by atoms with van der Waals surface area (Å²) in [6.45, 7) is 2.24. The molecule has 6 nitrogen and oxygen atoms in total. The SMILES string of the molecule is CC(=O)c1cccc(NC(=O)CNc2ccccc2N2CCCC2=O)c1. The van der Waals surface area contributed by atoms with Gasteiger partial charge >= 0.3 is 0 Å². The van der Waals surface area contributed by atoms with E-state index in [0.717, 1.165) is 17.8 Å². The summed E-state index contributed by atoms with van der Waals surface area (Å²) in [5.41, 5.74) is 2.66. The number of ketones is 1. The first-order valence-electron chi connectivity index (χ1n) is 8.59. The predicted octanol–water partition coefficient (Wildman–Crippen LogP) is 3.07. The fourth-order valence-corrected chi connectivity index (χ4v) is 2.96. The van der Waals surface area contributed by atoms with Gasteiger partial charge in [-0.25, -0.2) is 0 Å². The van der Waals surface area contributed by atoms with Crippen molar-refractivity contribution in [3.63, 3.8) is 0 Å². The minimum Gasteiger partial charge on any atom is -0.374 e. The number of carbonyl (C=O) groups is 3. The Morgan fingerprint density at radius 3 is 2.65 bits per heavy atom. The molecule has 2 amide bonds. The van der Waals surface area contributed by atoms with Gasteiger partial charge in [0.05, 0.1) is 17.9 Å². The third kappa shape index (κ3) is 4.08. The molecular weight excluding hydrogens is 330 g/mol. The average Bonchev–Trinajstić information content (AvgIpc) is 3.06. The zero-order valence-electron chi connectivity index (χ0n) is 14.6. The lowest BCUT2D eigenvalue weighted by Gasteiger charge is -2.20. The molecule has 26 heavy (non-hydrogen) atoms. The molecule has 6 heteroatoms. The minimum atomic E-state index is -0.228. The number of anilines is 3. The largest absolute Gasteiger partial charge is 0.374 e.